The minimum atomic E-state index is -1.58. The molecular formula is C20H20O7. The summed E-state index contributed by atoms with van der Waals surface area (Å²) in [5.74, 6) is -2.48. The van der Waals surface area contributed by atoms with E-state index in [0.29, 0.717) is 22.1 Å². The first-order valence-corrected chi connectivity index (χ1v) is 8.28. The Balaban J connectivity index is 2.39. The van der Waals surface area contributed by atoms with Crippen LogP contribution in [0.1, 0.15) is 35.2 Å². The second-order valence-electron chi connectivity index (χ2n) is 6.73. The van der Waals surface area contributed by atoms with Crippen molar-refractivity contribution in [3.05, 3.63) is 47.2 Å². The second kappa shape index (κ2) is 6.59. The van der Waals surface area contributed by atoms with Crippen LogP contribution in [0.3, 0.4) is 0 Å². The van der Waals surface area contributed by atoms with Crippen molar-refractivity contribution in [3.63, 3.8) is 0 Å². The summed E-state index contributed by atoms with van der Waals surface area (Å²) < 4.78 is 10.5. The van der Waals surface area contributed by atoms with E-state index in [0.717, 1.165) is 6.08 Å². The minimum absolute atomic E-state index is 0.0112. The quantitative estimate of drug-likeness (QED) is 0.558. The number of aromatic hydroxyl groups is 1. The monoisotopic (exact) mass is 372 g/mol. The summed E-state index contributed by atoms with van der Waals surface area (Å²) in [5.41, 5.74) is -1.24. The average Bonchev–Trinajstić information content (AvgIpc) is 2.58. The fourth-order valence-electron chi connectivity index (χ4n) is 3.81. The van der Waals surface area contributed by atoms with Crippen LogP contribution in [0.5, 0.6) is 11.5 Å². The van der Waals surface area contributed by atoms with Crippen molar-refractivity contribution in [2.45, 2.75) is 24.9 Å². The molecule has 0 fully saturated rings. The molecule has 0 heterocycles. The summed E-state index contributed by atoms with van der Waals surface area (Å²) in [5, 5.41) is 31.8. The van der Waals surface area contributed by atoms with Crippen molar-refractivity contribution < 1.29 is 34.4 Å². The highest BCUT2D eigenvalue weighted by Crippen LogP contribution is 2.49. The largest absolute Gasteiger partial charge is 0.506 e. The Morgan fingerprint density at radius 3 is 2.63 bits per heavy atom. The van der Waals surface area contributed by atoms with Gasteiger partial charge in [-0.05, 0) is 30.0 Å². The number of methoxy groups -OCH3 is 2. The number of aliphatic hydroxyl groups is 1. The number of hydrogen-bond acceptors (Lipinski definition) is 6. The summed E-state index contributed by atoms with van der Waals surface area (Å²) in [4.78, 5) is 23.9. The van der Waals surface area contributed by atoms with E-state index in [1.807, 2.05) is 0 Å². The molecule has 0 saturated heterocycles. The predicted molar refractivity (Wildman–Crippen MR) is 97.2 cm³/mol. The molecule has 0 radical (unpaired) electrons. The van der Waals surface area contributed by atoms with E-state index in [1.165, 1.54) is 21.1 Å². The Morgan fingerprint density at radius 1 is 1.33 bits per heavy atom. The van der Waals surface area contributed by atoms with Crippen LogP contribution in [-0.2, 0) is 9.53 Å². The summed E-state index contributed by atoms with van der Waals surface area (Å²) >= 11 is 0. The second-order valence-corrected chi connectivity index (χ2v) is 6.73. The van der Waals surface area contributed by atoms with Crippen LogP contribution >= 0.6 is 0 Å². The van der Waals surface area contributed by atoms with Gasteiger partial charge in [0, 0.05) is 6.42 Å². The number of carbonyl (C=O) groups is 2. The molecule has 7 heteroatoms. The van der Waals surface area contributed by atoms with Gasteiger partial charge in [0.1, 0.15) is 17.3 Å². The van der Waals surface area contributed by atoms with Crippen LogP contribution in [0.15, 0.2) is 36.1 Å². The van der Waals surface area contributed by atoms with Crippen molar-refractivity contribution in [3.8, 4) is 11.5 Å². The fourth-order valence-corrected chi connectivity index (χ4v) is 3.81. The highest BCUT2D eigenvalue weighted by atomic mass is 16.5. The zero-order valence-electron chi connectivity index (χ0n) is 15.1. The van der Waals surface area contributed by atoms with Gasteiger partial charge in [0.15, 0.2) is 5.78 Å². The number of fused-ring (bicyclic) bond motifs is 2. The van der Waals surface area contributed by atoms with Gasteiger partial charge in [0.2, 0.25) is 0 Å². The van der Waals surface area contributed by atoms with Crippen molar-refractivity contribution in [2.24, 2.45) is 0 Å². The first-order chi connectivity index (χ1) is 12.7. The van der Waals surface area contributed by atoms with Crippen LogP contribution in [0.25, 0.3) is 10.8 Å². The van der Waals surface area contributed by atoms with E-state index < -0.39 is 23.3 Å². The number of phenolic OH excluding ortho intramolecular Hbond substituents is 1. The van der Waals surface area contributed by atoms with Crippen molar-refractivity contribution in [1.82, 2.24) is 0 Å². The zero-order valence-corrected chi connectivity index (χ0v) is 15.1. The molecule has 0 bridgehead atoms. The maximum absolute atomic E-state index is 12.7. The Hall–Kier alpha value is -3.06. The van der Waals surface area contributed by atoms with Gasteiger partial charge in [-0.25, -0.2) is 4.79 Å². The van der Waals surface area contributed by atoms with Gasteiger partial charge in [-0.3, -0.25) is 4.79 Å². The first-order valence-electron chi connectivity index (χ1n) is 8.28. The van der Waals surface area contributed by atoms with Crippen LogP contribution in [0, 0.1) is 0 Å². The molecule has 0 amide bonds. The van der Waals surface area contributed by atoms with Gasteiger partial charge in [0.05, 0.1) is 42.8 Å². The highest BCUT2D eigenvalue weighted by Gasteiger charge is 2.46. The van der Waals surface area contributed by atoms with E-state index in [-0.39, 0.29) is 23.5 Å². The number of carboxylic acid groups (broad SMARTS) is 1. The molecule has 0 saturated carbocycles. The van der Waals surface area contributed by atoms with Crippen LogP contribution in [0.2, 0.25) is 0 Å². The van der Waals surface area contributed by atoms with E-state index in [9.17, 15) is 19.8 Å². The Morgan fingerprint density at radius 2 is 2.04 bits per heavy atom. The van der Waals surface area contributed by atoms with Gasteiger partial charge in [0.25, 0.3) is 0 Å². The lowest BCUT2D eigenvalue weighted by molar-refractivity contribution is -0.131. The number of carbonyl (C=O) groups excluding carboxylic acids is 1. The number of aliphatic carboxylic acids is 1. The minimum Gasteiger partial charge on any atom is -0.506 e. The molecule has 142 valence electrons. The molecule has 3 rings (SSSR count). The number of Topliss-reactive ketones (excluding diaryl/α,β-unsaturated/α-hetero) is 1. The molecule has 2 unspecified atom stereocenters. The van der Waals surface area contributed by atoms with Crippen LogP contribution in [-0.4, -0.2) is 46.9 Å². The Kier molecular flexibility index (Phi) is 4.57. The number of ketones is 1. The lowest BCUT2D eigenvalue weighted by Gasteiger charge is -2.38. The van der Waals surface area contributed by atoms with E-state index in [4.69, 9.17) is 14.6 Å². The third-order valence-electron chi connectivity index (χ3n) is 4.87. The van der Waals surface area contributed by atoms with Gasteiger partial charge < -0.3 is 24.8 Å². The van der Waals surface area contributed by atoms with Crippen LogP contribution < -0.4 is 4.74 Å². The van der Waals surface area contributed by atoms with Gasteiger partial charge in [-0.1, -0.05) is 12.1 Å². The molecule has 7 nitrogen and oxygen atoms in total. The molecule has 1 aliphatic rings. The molecule has 27 heavy (non-hydrogen) atoms. The smallest absolute Gasteiger partial charge is 0.331 e. The summed E-state index contributed by atoms with van der Waals surface area (Å²) in [6.07, 6.45) is 0.560. The third kappa shape index (κ3) is 3.00. The average molecular weight is 372 g/mol. The van der Waals surface area contributed by atoms with E-state index >= 15 is 0 Å². The number of rotatable bonds is 4. The summed E-state index contributed by atoms with van der Waals surface area (Å²) in [6, 6.07) is 6.78. The molecule has 2 aromatic rings. The maximum atomic E-state index is 12.7. The number of ether oxygens (including phenoxy) is 2. The molecule has 2 atom stereocenters. The lowest BCUT2D eigenvalue weighted by Crippen LogP contribution is -2.41. The Bertz CT molecular complexity index is 972. The van der Waals surface area contributed by atoms with E-state index in [1.54, 1.807) is 24.3 Å². The molecule has 0 aliphatic heterocycles. The molecule has 0 spiro atoms. The van der Waals surface area contributed by atoms with Gasteiger partial charge >= 0.3 is 5.97 Å². The molecule has 1 aliphatic carbocycles. The zero-order chi connectivity index (χ0) is 19.9. The predicted octanol–water partition coefficient (Wildman–Crippen LogP) is 2.59. The summed E-state index contributed by atoms with van der Waals surface area (Å²) in [7, 11) is 2.76. The van der Waals surface area contributed by atoms with Gasteiger partial charge in [-0.15, -0.1) is 0 Å². The highest BCUT2D eigenvalue weighted by molar-refractivity contribution is 6.09. The number of phenols is 1. The third-order valence-corrected chi connectivity index (χ3v) is 4.87. The van der Waals surface area contributed by atoms with Gasteiger partial charge in [-0.2, -0.15) is 0 Å². The maximum Gasteiger partial charge on any atom is 0.331 e. The standard InChI is InChI=1S/C20H20O7/c1-20(25)9-12(21)17-11(18(20)14(27-3)8-15(22)23)7-10-5-4-6-13(26-2)16(10)19(17)24/h4-8,18,24-25H,9H2,1-3H3,(H,22,23)/b14-8-. The number of carboxylic acids is 1. The van der Waals surface area contributed by atoms with Crippen molar-refractivity contribution in [2.75, 3.05) is 14.2 Å². The molecule has 2 aromatic carbocycles. The Labute approximate surface area is 155 Å². The van der Waals surface area contributed by atoms with E-state index in [2.05, 4.69) is 0 Å². The lowest BCUT2D eigenvalue weighted by atomic mass is 9.70. The SMILES string of the molecule is CO/C(=C\C(=O)O)C1c2cc3cccc(OC)c3c(O)c2C(=O)CC1(C)O. The summed E-state index contributed by atoms with van der Waals surface area (Å²) in [6.45, 7) is 1.44. The number of hydrogen-bond donors (Lipinski definition) is 3. The molecule has 3 N–H and O–H groups in total. The van der Waals surface area contributed by atoms with Crippen molar-refractivity contribution in [1.29, 1.82) is 0 Å². The molecular weight excluding hydrogens is 352 g/mol. The normalized spacial score (nSPS) is 22.4. The first kappa shape index (κ1) is 18.7. The number of benzene rings is 2. The molecule has 0 aromatic heterocycles. The topological polar surface area (TPSA) is 113 Å². The van der Waals surface area contributed by atoms with Crippen LogP contribution in [0.4, 0.5) is 0 Å². The fraction of sp³-hybridized carbons (Fsp3) is 0.300. The van der Waals surface area contributed by atoms with Crippen molar-refractivity contribution >= 4 is 22.5 Å².